The van der Waals surface area contributed by atoms with Crippen LogP contribution >= 0.6 is 15.9 Å². The topological polar surface area (TPSA) is 61.0 Å². The van der Waals surface area contributed by atoms with Crippen LogP contribution < -0.4 is 10.5 Å². The summed E-state index contributed by atoms with van der Waals surface area (Å²) in [5, 5.41) is 0. The van der Waals surface area contributed by atoms with E-state index in [1.807, 2.05) is 6.07 Å². The van der Waals surface area contributed by atoms with Gasteiger partial charge >= 0.3 is 6.01 Å². The quantitative estimate of drug-likeness (QED) is 0.695. The molecule has 92 valence electrons. The van der Waals surface area contributed by atoms with Gasteiger partial charge in [-0.3, -0.25) is 0 Å². The van der Waals surface area contributed by atoms with Gasteiger partial charge in [0.2, 0.25) is 0 Å². The van der Waals surface area contributed by atoms with Gasteiger partial charge in [0.15, 0.2) is 0 Å². The maximum Gasteiger partial charge on any atom is 0.321 e. The standard InChI is InChI=1S/C13H12BrN3O/c1-2-3-9-6-11(15)4-5-12(9)18-13-16-7-10(14)8-17-13/h2,4-8H,1,3,15H2. The van der Waals surface area contributed by atoms with Gasteiger partial charge in [-0.2, -0.15) is 0 Å². The lowest BCUT2D eigenvalue weighted by Crippen LogP contribution is -1.96. The van der Waals surface area contributed by atoms with E-state index in [4.69, 9.17) is 10.5 Å². The van der Waals surface area contributed by atoms with E-state index < -0.39 is 0 Å². The van der Waals surface area contributed by atoms with Gasteiger partial charge in [-0.15, -0.1) is 6.58 Å². The summed E-state index contributed by atoms with van der Waals surface area (Å²) in [7, 11) is 0. The number of halogens is 1. The summed E-state index contributed by atoms with van der Waals surface area (Å²) in [5.41, 5.74) is 7.39. The molecule has 0 unspecified atom stereocenters. The van der Waals surface area contributed by atoms with Crippen molar-refractivity contribution in [2.45, 2.75) is 6.42 Å². The summed E-state index contributed by atoms with van der Waals surface area (Å²) < 4.78 is 6.43. The van der Waals surface area contributed by atoms with Crippen molar-refractivity contribution in [2.75, 3.05) is 5.73 Å². The molecule has 1 aromatic heterocycles. The fraction of sp³-hybridized carbons (Fsp3) is 0.0769. The zero-order valence-electron chi connectivity index (χ0n) is 9.64. The molecule has 5 heteroatoms. The molecule has 0 radical (unpaired) electrons. The summed E-state index contributed by atoms with van der Waals surface area (Å²) in [6, 6.07) is 5.74. The molecule has 1 aromatic carbocycles. The number of allylic oxidation sites excluding steroid dienone is 1. The highest BCUT2D eigenvalue weighted by atomic mass is 79.9. The molecule has 2 aromatic rings. The van der Waals surface area contributed by atoms with E-state index in [-0.39, 0.29) is 0 Å². The Balaban J connectivity index is 2.27. The third kappa shape index (κ3) is 3.07. The molecular formula is C13H12BrN3O. The number of ether oxygens (including phenoxy) is 1. The number of nitrogens with zero attached hydrogens (tertiary/aromatic N) is 2. The van der Waals surface area contributed by atoms with Gasteiger partial charge in [0.25, 0.3) is 0 Å². The highest BCUT2D eigenvalue weighted by molar-refractivity contribution is 9.10. The molecule has 2 N–H and O–H groups in total. The second kappa shape index (κ2) is 5.64. The Bertz CT molecular complexity index is 555. The van der Waals surface area contributed by atoms with Crippen LogP contribution in [0.4, 0.5) is 5.69 Å². The van der Waals surface area contributed by atoms with Gasteiger partial charge in [-0.05, 0) is 40.5 Å². The summed E-state index contributed by atoms with van der Waals surface area (Å²) in [4.78, 5) is 8.12. The van der Waals surface area contributed by atoms with E-state index in [0.717, 1.165) is 10.0 Å². The van der Waals surface area contributed by atoms with Gasteiger partial charge in [0.05, 0.1) is 4.47 Å². The Kier molecular flexibility index (Phi) is 3.94. The molecule has 0 aliphatic heterocycles. The van der Waals surface area contributed by atoms with Gasteiger partial charge in [0, 0.05) is 23.6 Å². The molecule has 0 aliphatic rings. The molecule has 0 saturated heterocycles. The van der Waals surface area contributed by atoms with E-state index in [1.165, 1.54) is 0 Å². The summed E-state index contributed by atoms with van der Waals surface area (Å²) >= 11 is 3.27. The highest BCUT2D eigenvalue weighted by Gasteiger charge is 2.06. The Hall–Kier alpha value is -1.88. The van der Waals surface area contributed by atoms with Crippen LogP contribution in [-0.4, -0.2) is 9.97 Å². The number of benzene rings is 1. The van der Waals surface area contributed by atoms with E-state index in [0.29, 0.717) is 23.9 Å². The molecule has 0 saturated carbocycles. The molecule has 4 nitrogen and oxygen atoms in total. The molecule has 0 bridgehead atoms. The largest absolute Gasteiger partial charge is 0.424 e. The van der Waals surface area contributed by atoms with Crippen LogP contribution in [0.25, 0.3) is 0 Å². The van der Waals surface area contributed by atoms with Gasteiger partial charge in [-0.25, -0.2) is 9.97 Å². The van der Waals surface area contributed by atoms with Crippen LogP contribution in [0.1, 0.15) is 5.56 Å². The van der Waals surface area contributed by atoms with Crippen LogP contribution in [0.2, 0.25) is 0 Å². The Morgan fingerprint density at radius 2 is 2.06 bits per heavy atom. The number of nitrogen functional groups attached to an aromatic ring is 1. The first-order valence-electron chi connectivity index (χ1n) is 5.33. The van der Waals surface area contributed by atoms with E-state index in [2.05, 4.69) is 32.5 Å². The molecule has 0 fully saturated rings. The smallest absolute Gasteiger partial charge is 0.321 e. The molecule has 0 atom stereocenters. The number of nitrogens with two attached hydrogens (primary N) is 1. The minimum absolute atomic E-state index is 0.299. The fourth-order valence-corrected chi connectivity index (χ4v) is 1.67. The molecule has 0 spiro atoms. The molecule has 0 aliphatic carbocycles. The van der Waals surface area contributed by atoms with Gasteiger partial charge in [0.1, 0.15) is 5.75 Å². The van der Waals surface area contributed by atoms with Gasteiger partial charge in [-0.1, -0.05) is 6.08 Å². The lowest BCUT2D eigenvalue weighted by molar-refractivity contribution is 0.437. The van der Waals surface area contributed by atoms with E-state index in [1.54, 1.807) is 30.6 Å². The molecule has 18 heavy (non-hydrogen) atoms. The molecule has 0 amide bonds. The first kappa shape index (κ1) is 12.6. The first-order valence-corrected chi connectivity index (χ1v) is 6.13. The number of aromatic nitrogens is 2. The lowest BCUT2D eigenvalue weighted by Gasteiger charge is -2.09. The first-order chi connectivity index (χ1) is 8.69. The Morgan fingerprint density at radius 3 is 2.72 bits per heavy atom. The summed E-state index contributed by atoms with van der Waals surface area (Å²) in [6.45, 7) is 3.71. The summed E-state index contributed by atoms with van der Waals surface area (Å²) in [6.07, 6.45) is 5.74. The van der Waals surface area contributed by atoms with Crippen molar-refractivity contribution in [3.63, 3.8) is 0 Å². The number of rotatable bonds is 4. The molecular weight excluding hydrogens is 294 g/mol. The molecule has 1 heterocycles. The average Bonchev–Trinajstić information content (AvgIpc) is 2.36. The van der Waals surface area contributed by atoms with Crippen molar-refractivity contribution >= 4 is 21.6 Å². The van der Waals surface area contributed by atoms with Crippen molar-refractivity contribution in [1.29, 1.82) is 0 Å². The van der Waals surface area contributed by atoms with Crippen LogP contribution in [0.15, 0.2) is 47.7 Å². The van der Waals surface area contributed by atoms with Crippen LogP contribution in [0, 0.1) is 0 Å². The zero-order valence-corrected chi connectivity index (χ0v) is 11.2. The van der Waals surface area contributed by atoms with Crippen LogP contribution in [-0.2, 0) is 6.42 Å². The van der Waals surface area contributed by atoms with Crippen LogP contribution in [0.3, 0.4) is 0 Å². The Morgan fingerprint density at radius 1 is 1.33 bits per heavy atom. The zero-order chi connectivity index (χ0) is 13.0. The second-order valence-corrected chi connectivity index (χ2v) is 4.56. The predicted molar refractivity (Wildman–Crippen MR) is 74.6 cm³/mol. The second-order valence-electron chi connectivity index (χ2n) is 3.65. The average molecular weight is 306 g/mol. The SMILES string of the molecule is C=CCc1cc(N)ccc1Oc1ncc(Br)cn1. The van der Waals surface area contributed by atoms with E-state index in [9.17, 15) is 0 Å². The molecule has 2 rings (SSSR count). The number of hydrogen-bond donors (Lipinski definition) is 1. The number of anilines is 1. The fourth-order valence-electron chi connectivity index (χ4n) is 1.47. The van der Waals surface area contributed by atoms with Crippen molar-refractivity contribution in [1.82, 2.24) is 9.97 Å². The third-order valence-electron chi connectivity index (χ3n) is 2.25. The van der Waals surface area contributed by atoms with Crippen molar-refractivity contribution in [3.8, 4) is 11.8 Å². The summed E-state index contributed by atoms with van der Waals surface area (Å²) in [5.74, 6) is 0.687. The maximum absolute atomic E-state index is 5.74. The minimum Gasteiger partial charge on any atom is -0.424 e. The maximum atomic E-state index is 5.74. The monoisotopic (exact) mass is 305 g/mol. The highest BCUT2D eigenvalue weighted by Crippen LogP contribution is 2.26. The normalized spacial score (nSPS) is 10.1. The van der Waals surface area contributed by atoms with Crippen molar-refractivity contribution in [2.24, 2.45) is 0 Å². The van der Waals surface area contributed by atoms with E-state index >= 15 is 0 Å². The lowest BCUT2D eigenvalue weighted by atomic mass is 10.1. The Labute approximate surface area is 114 Å². The van der Waals surface area contributed by atoms with Crippen molar-refractivity contribution < 1.29 is 4.74 Å². The van der Waals surface area contributed by atoms with Crippen molar-refractivity contribution in [3.05, 3.63) is 53.3 Å². The predicted octanol–water partition coefficient (Wildman–Crippen LogP) is 3.34. The third-order valence-corrected chi connectivity index (χ3v) is 2.66. The van der Waals surface area contributed by atoms with Crippen LogP contribution in [0.5, 0.6) is 11.8 Å². The number of hydrogen-bond acceptors (Lipinski definition) is 4. The van der Waals surface area contributed by atoms with Gasteiger partial charge < -0.3 is 10.5 Å². The minimum atomic E-state index is 0.299.